The summed E-state index contributed by atoms with van der Waals surface area (Å²) in [6.07, 6.45) is 2.40. The van der Waals surface area contributed by atoms with E-state index in [9.17, 15) is 0 Å². The minimum absolute atomic E-state index is 0.605. The van der Waals surface area contributed by atoms with Gasteiger partial charge in [-0.1, -0.05) is 42.3 Å². The van der Waals surface area contributed by atoms with Crippen LogP contribution in [0.3, 0.4) is 0 Å². The quantitative estimate of drug-likeness (QED) is 0.606. The number of aryl methyl sites for hydroxylation is 1. The summed E-state index contributed by atoms with van der Waals surface area (Å²) >= 11 is 6.26. The summed E-state index contributed by atoms with van der Waals surface area (Å²) in [5, 5.41) is 15.5. The van der Waals surface area contributed by atoms with Gasteiger partial charge in [0, 0.05) is 30.4 Å². The van der Waals surface area contributed by atoms with Crippen molar-refractivity contribution in [3.8, 4) is 5.75 Å². The van der Waals surface area contributed by atoms with Crippen molar-refractivity contribution >= 4 is 34.0 Å². The molecule has 1 aromatic heterocycles. The number of benzene rings is 2. The van der Waals surface area contributed by atoms with E-state index in [0.717, 1.165) is 47.0 Å². The van der Waals surface area contributed by atoms with Gasteiger partial charge in [0.25, 0.3) is 0 Å². The van der Waals surface area contributed by atoms with Crippen LogP contribution >= 0.6 is 11.6 Å². The number of methoxy groups -OCH3 is 1. The number of piperidine rings is 1. The van der Waals surface area contributed by atoms with Crippen LogP contribution in [-0.2, 0) is 6.54 Å². The van der Waals surface area contributed by atoms with E-state index >= 15 is 0 Å². The highest BCUT2D eigenvalue weighted by Crippen LogP contribution is 2.32. The SMILES string of the molecule is COc1ccc(CNc2nnc(N3CCC(C)CC3)c3ccc(C)cc23)cc1Cl. The van der Waals surface area contributed by atoms with Crippen molar-refractivity contribution in [1.29, 1.82) is 0 Å². The van der Waals surface area contributed by atoms with Crippen molar-refractivity contribution in [1.82, 2.24) is 10.2 Å². The molecule has 1 saturated heterocycles. The molecular weight excluding hydrogens is 384 g/mol. The second-order valence-electron chi connectivity index (χ2n) is 7.91. The van der Waals surface area contributed by atoms with E-state index in [-0.39, 0.29) is 0 Å². The fourth-order valence-corrected chi connectivity index (χ4v) is 4.12. The van der Waals surface area contributed by atoms with Crippen molar-refractivity contribution in [2.75, 3.05) is 30.4 Å². The highest BCUT2D eigenvalue weighted by atomic mass is 35.5. The number of ether oxygens (including phenoxy) is 1. The first-order chi connectivity index (χ1) is 14.0. The van der Waals surface area contributed by atoms with Gasteiger partial charge in [0.1, 0.15) is 5.75 Å². The number of hydrogen-bond acceptors (Lipinski definition) is 5. The lowest BCUT2D eigenvalue weighted by molar-refractivity contribution is 0.415. The van der Waals surface area contributed by atoms with Crippen LogP contribution in [0.2, 0.25) is 5.02 Å². The number of rotatable bonds is 5. The lowest BCUT2D eigenvalue weighted by Crippen LogP contribution is -2.33. The average molecular weight is 411 g/mol. The molecule has 0 radical (unpaired) electrons. The maximum atomic E-state index is 6.26. The second-order valence-corrected chi connectivity index (χ2v) is 8.32. The number of anilines is 2. The van der Waals surface area contributed by atoms with E-state index in [1.54, 1.807) is 7.11 Å². The zero-order valence-electron chi connectivity index (χ0n) is 17.2. The fourth-order valence-electron chi connectivity index (χ4n) is 3.84. The molecular formula is C23H27ClN4O. The van der Waals surface area contributed by atoms with E-state index < -0.39 is 0 Å². The van der Waals surface area contributed by atoms with Gasteiger partial charge in [0.05, 0.1) is 12.1 Å². The van der Waals surface area contributed by atoms with E-state index in [1.165, 1.54) is 18.4 Å². The van der Waals surface area contributed by atoms with Crippen molar-refractivity contribution in [3.05, 3.63) is 52.5 Å². The van der Waals surface area contributed by atoms with E-state index in [2.05, 4.69) is 52.5 Å². The molecule has 1 aliphatic heterocycles. The van der Waals surface area contributed by atoms with Gasteiger partial charge >= 0.3 is 0 Å². The van der Waals surface area contributed by atoms with Crippen LogP contribution in [0.15, 0.2) is 36.4 Å². The topological polar surface area (TPSA) is 50.3 Å². The normalized spacial score (nSPS) is 15.0. The van der Waals surface area contributed by atoms with Crippen molar-refractivity contribution < 1.29 is 4.74 Å². The molecule has 1 N–H and O–H groups in total. The van der Waals surface area contributed by atoms with Gasteiger partial charge in [-0.25, -0.2) is 0 Å². The molecule has 6 heteroatoms. The zero-order chi connectivity index (χ0) is 20.4. The van der Waals surface area contributed by atoms with Crippen LogP contribution in [0.25, 0.3) is 10.8 Å². The first kappa shape index (κ1) is 19.8. The van der Waals surface area contributed by atoms with Crippen molar-refractivity contribution in [3.63, 3.8) is 0 Å². The second kappa shape index (κ2) is 8.46. The van der Waals surface area contributed by atoms with E-state index in [4.69, 9.17) is 16.3 Å². The Morgan fingerprint density at radius 2 is 1.90 bits per heavy atom. The molecule has 152 valence electrons. The molecule has 0 saturated carbocycles. The van der Waals surface area contributed by atoms with Gasteiger partial charge in [-0.2, -0.15) is 0 Å². The Morgan fingerprint density at radius 1 is 1.10 bits per heavy atom. The molecule has 0 bridgehead atoms. The highest BCUT2D eigenvalue weighted by molar-refractivity contribution is 6.32. The molecule has 5 nitrogen and oxygen atoms in total. The van der Waals surface area contributed by atoms with Crippen LogP contribution in [0.1, 0.15) is 30.9 Å². The summed E-state index contributed by atoms with van der Waals surface area (Å²) in [7, 11) is 1.62. The number of halogens is 1. The molecule has 0 amide bonds. The molecule has 2 heterocycles. The number of hydrogen-bond donors (Lipinski definition) is 1. The Kier molecular flexibility index (Phi) is 5.76. The molecule has 3 aromatic rings. The molecule has 0 spiro atoms. The fraction of sp³-hybridized carbons (Fsp3) is 0.391. The minimum Gasteiger partial charge on any atom is -0.495 e. The Balaban J connectivity index is 1.62. The van der Waals surface area contributed by atoms with Gasteiger partial charge < -0.3 is 15.0 Å². The van der Waals surface area contributed by atoms with Crippen LogP contribution < -0.4 is 15.0 Å². The molecule has 0 aliphatic carbocycles. The molecule has 0 unspecified atom stereocenters. The number of nitrogens with zero attached hydrogens (tertiary/aromatic N) is 3. The zero-order valence-corrected chi connectivity index (χ0v) is 18.0. The summed E-state index contributed by atoms with van der Waals surface area (Å²) in [6.45, 7) is 7.12. The monoisotopic (exact) mass is 410 g/mol. The Labute approximate surface area is 177 Å². The summed E-state index contributed by atoms with van der Waals surface area (Å²) in [4.78, 5) is 2.37. The van der Waals surface area contributed by atoms with E-state index in [1.807, 2.05) is 18.2 Å². The van der Waals surface area contributed by atoms with Crippen LogP contribution in [0.5, 0.6) is 5.75 Å². The maximum Gasteiger partial charge on any atom is 0.159 e. The lowest BCUT2D eigenvalue weighted by atomic mass is 9.99. The van der Waals surface area contributed by atoms with Crippen LogP contribution in [0, 0.1) is 12.8 Å². The van der Waals surface area contributed by atoms with Crippen LogP contribution in [0.4, 0.5) is 11.6 Å². The molecule has 29 heavy (non-hydrogen) atoms. The van der Waals surface area contributed by atoms with Crippen molar-refractivity contribution in [2.24, 2.45) is 5.92 Å². The van der Waals surface area contributed by atoms with Gasteiger partial charge in [-0.3, -0.25) is 0 Å². The van der Waals surface area contributed by atoms with Crippen molar-refractivity contribution in [2.45, 2.75) is 33.2 Å². The Hall–Kier alpha value is -2.53. The molecule has 1 aliphatic rings. The molecule has 0 atom stereocenters. The van der Waals surface area contributed by atoms with Gasteiger partial charge in [-0.15, -0.1) is 10.2 Å². The predicted molar refractivity (Wildman–Crippen MR) is 120 cm³/mol. The summed E-state index contributed by atoms with van der Waals surface area (Å²) in [6, 6.07) is 12.3. The van der Waals surface area contributed by atoms with E-state index in [0.29, 0.717) is 17.3 Å². The Bertz CT molecular complexity index is 1020. The summed E-state index contributed by atoms with van der Waals surface area (Å²) in [5.74, 6) is 3.25. The number of fused-ring (bicyclic) bond motifs is 1. The number of nitrogens with one attached hydrogen (secondary N) is 1. The largest absolute Gasteiger partial charge is 0.495 e. The summed E-state index contributed by atoms with van der Waals surface area (Å²) in [5.41, 5.74) is 2.27. The first-order valence-electron chi connectivity index (χ1n) is 10.1. The van der Waals surface area contributed by atoms with Crippen LogP contribution in [-0.4, -0.2) is 30.4 Å². The third-order valence-corrected chi connectivity index (χ3v) is 5.97. The van der Waals surface area contributed by atoms with Gasteiger partial charge in [0.15, 0.2) is 11.6 Å². The minimum atomic E-state index is 0.605. The maximum absolute atomic E-state index is 6.26. The first-order valence-corrected chi connectivity index (χ1v) is 10.5. The molecule has 4 rings (SSSR count). The third kappa shape index (κ3) is 4.25. The molecule has 1 fully saturated rings. The van der Waals surface area contributed by atoms with Gasteiger partial charge in [0.2, 0.25) is 0 Å². The standard InChI is InChI=1S/C23H27ClN4O/c1-15-8-10-28(11-9-15)23-18-6-4-16(2)12-19(18)22(26-27-23)25-14-17-5-7-21(29-3)20(24)13-17/h4-7,12-13,15H,8-11,14H2,1-3H3,(H,25,26). The van der Waals surface area contributed by atoms with Gasteiger partial charge in [-0.05, 0) is 49.4 Å². The predicted octanol–water partition coefficient (Wildman–Crippen LogP) is 5.45. The Morgan fingerprint density at radius 3 is 2.62 bits per heavy atom. The lowest BCUT2D eigenvalue weighted by Gasteiger charge is -2.31. The average Bonchev–Trinajstić information content (AvgIpc) is 2.72. The summed E-state index contributed by atoms with van der Waals surface area (Å²) < 4.78 is 5.23. The molecule has 2 aromatic carbocycles. The third-order valence-electron chi connectivity index (χ3n) is 5.68. The number of aromatic nitrogens is 2. The smallest absolute Gasteiger partial charge is 0.159 e. The highest BCUT2D eigenvalue weighted by Gasteiger charge is 2.20.